The maximum absolute atomic E-state index is 13.2. The van der Waals surface area contributed by atoms with Crippen LogP contribution in [0.1, 0.15) is 52.2 Å². The summed E-state index contributed by atoms with van der Waals surface area (Å²) in [5, 5.41) is 0.0209. The van der Waals surface area contributed by atoms with E-state index in [-0.39, 0.29) is 11.3 Å². The fraction of sp³-hybridized carbons (Fsp3) is 0.296. The average Bonchev–Trinajstić information content (AvgIpc) is 3.32. The molecule has 0 bridgehead atoms. The second-order valence-corrected chi connectivity index (χ2v) is 9.06. The first-order valence-corrected chi connectivity index (χ1v) is 12.1. The minimum absolute atomic E-state index is 0.0209. The number of carbonyl (C=O) groups is 1. The van der Waals surface area contributed by atoms with Crippen molar-refractivity contribution in [3.63, 3.8) is 0 Å². The molecule has 3 aromatic carbocycles. The molecule has 1 aliphatic rings. The van der Waals surface area contributed by atoms with Crippen LogP contribution in [0, 0.1) is 0 Å². The van der Waals surface area contributed by atoms with Gasteiger partial charge < -0.3 is 9.64 Å². The Morgan fingerprint density at radius 2 is 1.81 bits per heavy atom. The molecule has 0 aromatic heterocycles. The molecule has 0 radical (unpaired) electrons. The highest BCUT2D eigenvalue weighted by Crippen LogP contribution is 2.39. The van der Waals surface area contributed by atoms with Crippen molar-refractivity contribution in [3.8, 4) is 5.75 Å². The highest BCUT2D eigenvalue weighted by atomic mass is 32.2. The third-order valence-corrected chi connectivity index (χ3v) is 6.82. The number of nitrogens with zero attached hydrogens (tertiary/aromatic N) is 1. The Balaban J connectivity index is 1.44. The summed E-state index contributed by atoms with van der Waals surface area (Å²) in [5.74, 6) is 1.88. The van der Waals surface area contributed by atoms with Crippen molar-refractivity contribution in [2.24, 2.45) is 0 Å². The molecule has 3 aromatic rings. The first-order valence-electron chi connectivity index (χ1n) is 11.0. The van der Waals surface area contributed by atoms with Gasteiger partial charge in [-0.2, -0.15) is 0 Å². The van der Waals surface area contributed by atoms with Crippen molar-refractivity contribution in [3.05, 3.63) is 101 Å². The summed E-state index contributed by atoms with van der Waals surface area (Å²) in [7, 11) is 0. The molecule has 1 unspecified atom stereocenters. The van der Waals surface area contributed by atoms with Gasteiger partial charge in [0.1, 0.15) is 17.7 Å². The van der Waals surface area contributed by atoms with Gasteiger partial charge in [-0.25, -0.2) is 0 Å². The highest BCUT2D eigenvalue weighted by molar-refractivity contribution is 7.99. The number of carbonyl (C=O) groups excluding carboxylic acids is 1. The van der Waals surface area contributed by atoms with E-state index < -0.39 is 0 Å². The fourth-order valence-electron chi connectivity index (χ4n) is 3.81. The standard InChI is InChI=1S/C27H29NO2S/c1-2-3-8-21-13-15-23(16-14-21)26(29)28-17-18-31-27(28)24-11-7-12-25(19-24)30-20-22-9-5-4-6-10-22/h4-7,9-16,19,27H,2-3,8,17-18,20H2,1H3. The van der Waals surface area contributed by atoms with Crippen molar-refractivity contribution < 1.29 is 9.53 Å². The van der Waals surface area contributed by atoms with E-state index in [1.165, 1.54) is 18.4 Å². The second-order valence-electron chi connectivity index (χ2n) is 7.87. The van der Waals surface area contributed by atoms with Crippen LogP contribution in [-0.4, -0.2) is 23.1 Å². The van der Waals surface area contributed by atoms with E-state index in [9.17, 15) is 4.79 Å². The summed E-state index contributed by atoms with van der Waals surface area (Å²) >= 11 is 1.81. The largest absolute Gasteiger partial charge is 0.489 e. The maximum Gasteiger partial charge on any atom is 0.255 e. The van der Waals surface area contributed by atoms with Crippen LogP contribution in [0.2, 0.25) is 0 Å². The molecule has 1 atom stereocenters. The minimum atomic E-state index is 0.0209. The van der Waals surface area contributed by atoms with Gasteiger partial charge in [0.15, 0.2) is 0 Å². The zero-order chi connectivity index (χ0) is 21.5. The van der Waals surface area contributed by atoms with Crippen LogP contribution in [-0.2, 0) is 13.0 Å². The van der Waals surface area contributed by atoms with Crippen molar-refractivity contribution in [1.29, 1.82) is 0 Å². The summed E-state index contributed by atoms with van der Waals surface area (Å²) < 4.78 is 6.01. The van der Waals surface area contributed by atoms with Gasteiger partial charge in [0.25, 0.3) is 5.91 Å². The maximum atomic E-state index is 13.2. The summed E-state index contributed by atoms with van der Waals surface area (Å²) in [6, 6.07) is 26.5. The second kappa shape index (κ2) is 10.5. The third-order valence-electron chi connectivity index (χ3n) is 5.56. The lowest BCUT2D eigenvalue weighted by Crippen LogP contribution is -2.30. The molecule has 160 valence electrons. The number of aryl methyl sites for hydroxylation is 1. The molecule has 0 spiro atoms. The molecule has 31 heavy (non-hydrogen) atoms. The van der Waals surface area contributed by atoms with E-state index in [1.807, 2.05) is 59.1 Å². The predicted octanol–water partition coefficient (Wildman–Crippen LogP) is 6.50. The Hall–Kier alpha value is -2.72. The molecule has 1 aliphatic heterocycles. The number of ether oxygens (including phenoxy) is 1. The van der Waals surface area contributed by atoms with Crippen LogP contribution in [0.15, 0.2) is 78.9 Å². The summed E-state index contributed by atoms with van der Waals surface area (Å²) in [5.41, 5.74) is 4.32. The van der Waals surface area contributed by atoms with Crippen molar-refractivity contribution in [2.75, 3.05) is 12.3 Å². The minimum Gasteiger partial charge on any atom is -0.489 e. The van der Waals surface area contributed by atoms with Gasteiger partial charge in [0.2, 0.25) is 0 Å². The van der Waals surface area contributed by atoms with Gasteiger partial charge in [0, 0.05) is 17.9 Å². The zero-order valence-corrected chi connectivity index (χ0v) is 18.8. The topological polar surface area (TPSA) is 29.5 Å². The van der Waals surface area contributed by atoms with Crippen molar-refractivity contribution >= 4 is 17.7 Å². The predicted molar refractivity (Wildman–Crippen MR) is 129 cm³/mol. The highest BCUT2D eigenvalue weighted by Gasteiger charge is 2.31. The molecular formula is C27H29NO2S. The smallest absolute Gasteiger partial charge is 0.255 e. The quantitative estimate of drug-likeness (QED) is 0.408. The van der Waals surface area contributed by atoms with Gasteiger partial charge in [-0.15, -0.1) is 11.8 Å². The Bertz CT molecular complexity index is 988. The van der Waals surface area contributed by atoms with Gasteiger partial charge in [-0.05, 0) is 53.8 Å². The third kappa shape index (κ3) is 5.50. The van der Waals surface area contributed by atoms with Crippen molar-refractivity contribution in [1.82, 2.24) is 4.90 Å². The molecule has 4 heteroatoms. The molecule has 4 rings (SSSR count). The first-order chi connectivity index (χ1) is 15.2. The van der Waals surface area contributed by atoms with Gasteiger partial charge in [-0.3, -0.25) is 4.79 Å². The summed E-state index contributed by atoms with van der Waals surface area (Å²) in [6.07, 6.45) is 3.44. The van der Waals surface area contributed by atoms with E-state index >= 15 is 0 Å². The molecule has 1 fully saturated rings. The molecule has 0 N–H and O–H groups in total. The van der Waals surface area contributed by atoms with Gasteiger partial charge in [0.05, 0.1) is 0 Å². The summed E-state index contributed by atoms with van der Waals surface area (Å²) in [4.78, 5) is 15.2. The van der Waals surface area contributed by atoms with Gasteiger partial charge in [-0.1, -0.05) is 67.9 Å². The number of benzene rings is 3. The first kappa shape index (κ1) is 21.5. The number of rotatable bonds is 8. The van der Waals surface area contributed by atoms with E-state index in [0.29, 0.717) is 6.61 Å². The molecule has 1 amide bonds. The monoisotopic (exact) mass is 431 g/mol. The lowest BCUT2D eigenvalue weighted by atomic mass is 10.1. The Morgan fingerprint density at radius 1 is 1.00 bits per heavy atom. The fourth-order valence-corrected chi connectivity index (χ4v) is 5.06. The molecule has 0 aliphatic carbocycles. The van der Waals surface area contributed by atoms with Crippen LogP contribution >= 0.6 is 11.8 Å². The van der Waals surface area contributed by atoms with Crippen molar-refractivity contribution in [2.45, 2.75) is 38.2 Å². The number of thioether (sulfide) groups is 1. The molecule has 1 heterocycles. The van der Waals surface area contributed by atoms with Gasteiger partial charge >= 0.3 is 0 Å². The Labute approximate surface area is 189 Å². The zero-order valence-electron chi connectivity index (χ0n) is 18.0. The number of hydrogen-bond acceptors (Lipinski definition) is 3. The number of hydrogen-bond donors (Lipinski definition) is 0. The molecule has 3 nitrogen and oxygen atoms in total. The molecular weight excluding hydrogens is 402 g/mol. The summed E-state index contributed by atoms with van der Waals surface area (Å²) in [6.45, 7) is 3.50. The Morgan fingerprint density at radius 3 is 2.58 bits per heavy atom. The molecule has 0 saturated carbocycles. The van der Waals surface area contributed by atoms with Crippen LogP contribution < -0.4 is 4.74 Å². The van der Waals surface area contributed by atoms with E-state index in [4.69, 9.17) is 4.74 Å². The Kier molecular flexibility index (Phi) is 7.31. The van der Waals surface area contributed by atoms with E-state index in [2.05, 4.69) is 43.3 Å². The van der Waals surface area contributed by atoms with Crippen LogP contribution in [0.3, 0.4) is 0 Å². The SMILES string of the molecule is CCCCc1ccc(C(=O)N2CCSC2c2cccc(OCc3ccccc3)c2)cc1. The lowest BCUT2D eigenvalue weighted by molar-refractivity contribution is 0.0760. The van der Waals surface area contributed by atoms with E-state index in [1.54, 1.807) is 0 Å². The number of amides is 1. The number of unbranched alkanes of at least 4 members (excludes halogenated alkanes) is 1. The average molecular weight is 432 g/mol. The van der Waals surface area contributed by atoms with Crippen LogP contribution in [0.25, 0.3) is 0 Å². The molecule has 1 saturated heterocycles. The van der Waals surface area contributed by atoms with Crippen LogP contribution in [0.4, 0.5) is 0 Å². The normalized spacial score (nSPS) is 15.8. The lowest BCUT2D eigenvalue weighted by Gasteiger charge is -2.24. The van der Waals surface area contributed by atoms with E-state index in [0.717, 1.165) is 41.2 Å². The van der Waals surface area contributed by atoms with Crippen LogP contribution in [0.5, 0.6) is 5.75 Å².